The number of likely N-dealkylation sites (N-methyl/N-ethyl adjacent to an activating group) is 1. The van der Waals surface area contributed by atoms with Crippen molar-refractivity contribution in [3.8, 4) is 0 Å². The van der Waals surface area contributed by atoms with Crippen LogP contribution in [0.2, 0.25) is 4.34 Å². The van der Waals surface area contributed by atoms with Crippen LogP contribution < -0.4 is 5.32 Å². The van der Waals surface area contributed by atoms with Gasteiger partial charge in [-0.05, 0) is 37.6 Å². The summed E-state index contributed by atoms with van der Waals surface area (Å²) in [6.07, 6.45) is 0. The molecule has 3 rings (SSSR count). The molecule has 0 radical (unpaired) electrons. The zero-order valence-corrected chi connectivity index (χ0v) is 15.2. The molecule has 3 aromatic rings. The van der Waals surface area contributed by atoms with Crippen LogP contribution in [0.15, 0.2) is 54.6 Å². The highest BCUT2D eigenvalue weighted by Gasteiger charge is 2.19. The van der Waals surface area contributed by atoms with E-state index in [4.69, 9.17) is 11.6 Å². The molecule has 0 unspecified atom stereocenters. The second-order valence-corrected chi connectivity index (χ2v) is 7.61. The van der Waals surface area contributed by atoms with Gasteiger partial charge in [-0.25, -0.2) is 0 Å². The summed E-state index contributed by atoms with van der Waals surface area (Å²) in [4.78, 5) is 15.8. The van der Waals surface area contributed by atoms with Gasteiger partial charge in [-0.1, -0.05) is 48.0 Å². The Morgan fingerprint density at radius 2 is 1.92 bits per heavy atom. The van der Waals surface area contributed by atoms with Crippen LogP contribution in [-0.2, 0) is 11.3 Å². The van der Waals surface area contributed by atoms with Crippen LogP contribution in [0, 0.1) is 0 Å². The fourth-order valence-corrected chi connectivity index (χ4v) is 3.74. The molecule has 5 heteroatoms. The highest BCUT2D eigenvalue weighted by atomic mass is 35.5. The molecule has 0 fully saturated rings. The molecule has 1 N–H and O–H groups in total. The monoisotopic (exact) mass is 358 g/mol. The average molecular weight is 359 g/mol. The molecule has 0 aliphatic heterocycles. The summed E-state index contributed by atoms with van der Waals surface area (Å²) in [5, 5.41) is 5.22. The van der Waals surface area contributed by atoms with E-state index in [1.54, 1.807) is 11.3 Å². The molecule has 1 atom stereocenters. The standard InChI is InChI=1S/C19H19ClN2OS/c1-13(22(2)12-15-10-11-18(20)24-15)19(23)21-17-9-5-7-14-6-3-4-8-16(14)17/h3-11,13H,12H2,1-2H3,(H,21,23)/t13-/m1/s1. The summed E-state index contributed by atoms with van der Waals surface area (Å²) < 4.78 is 0.770. The number of carbonyl (C=O) groups is 1. The van der Waals surface area contributed by atoms with Gasteiger partial charge in [-0.3, -0.25) is 9.69 Å². The lowest BCUT2D eigenvalue weighted by Crippen LogP contribution is -2.39. The molecule has 24 heavy (non-hydrogen) atoms. The summed E-state index contributed by atoms with van der Waals surface area (Å²) in [5.74, 6) is -0.0171. The van der Waals surface area contributed by atoms with E-state index in [2.05, 4.69) is 5.32 Å². The van der Waals surface area contributed by atoms with E-state index in [-0.39, 0.29) is 11.9 Å². The van der Waals surface area contributed by atoms with Crippen LogP contribution in [0.25, 0.3) is 10.8 Å². The van der Waals surface area contributed by atoms with Crippen molar-refractivity contribution in [3.05, 3.63) is 63.8 Å². The fourth-order valence-electron chi connectivity index (χ4n) is 2.59. The largest absolute Gasteiger partial charge is 0.324 e. The van der Waals surface area contributed by atoms with Crippen molar-refractivity contribution in [2.45, 2.75) is 19.5 Å². The average Bonchev–Trinajstić information content (AvgIpc) is 2.99. The van der Waals surface area contributed by atoms with E-state index in [1.807, 2.05) is 73.5 Å². The predicted molar refractivity (Wildman–Crippen MR) is 103 cm³/mol. The maximum atomic E-state index is 12.6. The normalized spacial score (nSPS) is 12.5. The molecular formula is C19H19ClN2OS. The molecule has 0 spiro atoms. The first-order chi connectivity index (χ1) is 11.5. The zero-order chi connectivity index (χ0) is 17.1. The van der Waals surface area contributed by atoms with Crippen LogP contribution in [0.5, 0.6) is 0 Å². The number of nitrogens with zero attached hydrogens (tertiary/aromatic N) is 1. The third-order valence-corrected chi connectivity index (χ3v) is 5.34. The van der Waals surface area contributed by atoms with Crippen molar-refractivity contribution in [2.24, 2.45) is 0 Å². The van der Waals surface area contributed by atoms with Crippen molar-refractivity contribution in [3.63, 3.8) is 0 Å². The minimum Gasteiger partial charge on any atom is -0.324 e. The molecule has 3 nitrogen and oxygen atoms in total. The minimum absolute atomic E-state index is 0.0171. The van der Waals surface area contributed by atoms with E-state index >= 15 is 0 Å². The van der Waals surface area contributed by atoms with Gasteiger partial charge >= 0.3 is 0 Å². The number of amides is 1. The summed E-state index contributed by atoms with van der Waals surface area (Å²) >= 11 is 7.51. The van der Waals surface area contributed by atoms with Crippen LogP contribution in [0.3, 0.4) is 0 Å². The summed E-state index contributed by atoms with van der Waals surface area (Å²) in [5.41, 5.74) is 0.845. The Morgan fingerprint density at radius 1 is 1.17 bits per heavy atom. The maximum Gasteiger partial charge on any atom is 0.241 e. The highest BCUT2D eigenvalue weighted by molar-refractivity contribution is 7.16. The lowest BCUT2D eigenvalue weighted by molar-refractivity contribution is -0.120. The van der Waals surface area contributed by atoms with Gasteiger partial charge in [0.1, 0.15) is 0 Å². The molecule has 2 aromatic carbocycles. The number of anilines is 1. The lowest BCUT2D eigenvalue weighted by Gasteiger charge is -2.23. The van der Waals surface area contributed by atoms with Crippen molar-refractivity contribution in [2.75, 3.05) is 12.4 Å². The Morgan fingerprint density at radius 3 is 2.67 bits per heavy atom. The van der Waals surface area contributed by atoms with Gasteiger partial charge in [-0.15, -0.1) is 11.3 Å². The number of rotatable bonds is 5. The SMILES string of the molecule is C[C@H](C(=O)Nc1cccc2ccccc12)N(C)Cc1ccc(Cl)s1. The quantitative estimate of drug-likeness (QED) is 0.695. The number of halogens is 1. The van der Waals surface area contributed by atoms with E-state index in [0.29, 0.717) is 6.54 Å². The Balaban J connectivity index is 1.71. The molecule has 124 valence electrons. The summed E-state index contributed by atoms with van der Waals surface area (Å²) in [6, 6.07) is 17.6. The van der Waals surface area contributed by atoms with Gasteiger partial charge in [0.15, 0.2) is 0 Å². The second kappa shape index (κ2) is 7.34. The number of thiophene rings is 1. The van der Waals surface area contributed by atoms with Gasteiger partial charge in [0.05, 0.1) is 10.4 Å². The number of hydrogen-bond donors (Lipinski definition) is 1. The molecule has 0 bridgehead atoms. The van der Waals surface area contributed by atoms with E-state index in [1.165, 1.54) is 0 Å². The Bertz CT molecular complexity index is 856. The highest BCUT2D eigenvalue weighted by Crippen LogP contribution is 2.25. The molecule has 1 amide bonds. The van der Waals surface area contributed by atoms with Crippen LogP contribution >= 0.6 is 22.9 Å². The number of benzene rings is 2. The van der Waals surface area contributed by atoms with E-state index < -0.39 is 0 Å². The van der Waals surface area contributed by atoms with Crippen LogP contribution in [-0.4, -0.2) is 23.9 Å². The fraction of sp³-hybridized carbons (Fsp3) is 0.211. The number of fused-ring (bicyclic) bond motifs is 1. The second-order valence-electron chi connectivity index (χ2n) is 5.81. The van der Waals surface area contributed by atoms with Gasteiger partial charge in [0, 0.05) is 22.5 Å². The van der Waals surface area contributed by atoms with E-state index in [0.717, 1.165) is 25.7 Å². The number of hydrogen-bond acceptors (Lipinski definition) is 3. The molecule has 0 saturated carbocycles. The van der Waals surface area contributed by atoms with Crippen molar-refractivity contribution in [1.29, 1.82) is 0 Å². The Kier molecular flexibility index (Phi) is 5.19. The van der Waals surface area contributed by atoms with Gasteiger partial charge in [-0.2, -0.15) is 0 Å². The third-order valence-electron chi connectivity index (χ3n) is 4.12. The van der Waals surface area contributed by atoms with Gasteiger partial charge in [0.25, 0.3) is 0 Å². The van der Waals surface area contributed by atoms with Gasteiger partial charge in [0.2, 0.25) is 5.91 Å². The smallest absolute Gasteiger partial charge is 0.241 e. The third kappa shape index (κ3) is 3.78. The van der Waals surface area contributed by atoms with Crippen molar-refractivity contribution < 1.29 is 4.79 Å². The molecular weight excluding hydrogens is 340 g/mol. The Hall–Kier alpha value is -1.88. The van der Waals surface area contributed by atoms with Crippen LogP contribution in [0.4, 0.5) is 5.69 Å². The van der Waals surface area contributed by atoms with Crippen molar-refractivity contribution in [1.82, 2.24) is 4.90 Å². The molecule has 0 aliphatic rings. The molecule has 1 heterocycles. The first kappa shape index (κ1) is 17.0. The lowest BCUT2D eigenvalue weighted by atomic mass is 10.1. The summed E-state index contributed by atoms with van der Waals surface area (Å²) in [7, 11) is 1.95. The van der Waals surface area contributed by atoms with E-state index in [9.17, 15) is 4.79 Å². The molecule has 0 saturated heterocycles. The summed E-state index contributed by atoms with van der Waals surface area (Å²) in [6.45, 7) is 2.61. The number of carbonyl (C=O) groups excluding carboxylic acids is 1. The zero-order valence-electron chi connectivity index (χ0n) is 13.6. The molecule has 1 aromatic heterocycles. The predicted octanol–water partition coefficient (Wildman–Crippen LogP) is 5.01. The number of nitrogens with one attached hydrogen (secondary N) is 1. The Labute approximate surface area is 150 Å². The first-order valence-electron chi connectivity index (χ1n) is 7.77. The van der Waals surface area contributed by atoms with Crippen molar-refractivity contribution >= 4 is 45.3 Å². The van der Waals surface area contributed by atoms with Crippen LogP contribution in [0.1, 0.15) is 11.8 Å². The molecule has 0 aliphatic carbocycles. The topological polar surface area (TPSA) is 32.3 Å². The van der Waals surface area contributed by atoms with Gasteiger partial charge < -0.3 is 5.32 Å². The first-order valence-corrected chi connectivity index (χ1v) is 8.97. The minimum atomic E-state index is -0.246. The maximum absolute atomic E-state index is 12.6.